The number of furan rings is 1. The number of aliphatic carboxylic acids is 1. The van der Waals surface area contributed by atoms with Crippen LogP contribution >= 0.6 is 0 Å². The highest BCUT2D eigenvalue weighted by molar-refractivity contribution is 5.97. The van der Waals surface area contributed by atoms with Crippen LogP contribution in [0.1, 0.15) is 27.2 Å². The average molecular weight is 317 g/mol. The first-order chi connectivity index (χ1) is 11.0. The van der Waals surface area contributed by atoms with Gasteiger partial charge in [0, 0.05) is 12.1 Å². The molecule has 0 aliphatic carbocycles. The van der Waals surface area contributed by atoms with Crippen LogP contribution in [0.2, 0.25) is 0 Å². The standard InChI is InChI=1S/C17H19NO5/c1-11-10-23-14(9-15(19)20)16(11)17(21)18-8-7-12-5-3-4-6-13(12)22-2/h3-6,10H,7-9H2,1-2H3,(H,18,21)(H,19,20). The van der Waals surface area contributed by atoms with Crippen molar-refractivity contribution in [1.82, 2.24) is 5.32 Å². The third kappa shape index (κ3) is 4.12. The van der Waals surface area contributed by atoms with Gasteiger partial charge in [0.1, 0.15) is 17.9 Å². The molecule has 2 aromatic rings. The Labute approximate surface area is 134 Å². The summed E-state index contributed by atoms with van der Waals surface area (Å²) >= 11 is 0. The van der Waals surface area contributed by atoms with E-state index in [1.165, 1.54) is 6.26 Å². The van der Waals surface area contributed by atoms with E-state index in [1.807, 2.05) is 24.3 Å². The number of nitrogens with one attached hydrogen (secondary N) is 1. The van der Waals surface area contributed by atoms with Crippen molar-refractivity contribution in [3.8, 4) is 5.75 Å². The molecule has 0 atom stereocenters. The number of aryl methyl sites for hydroxylation is 1. The second-order valence-electron chi connectivity index (χ2n) is 5.11. The fraction of sp³-hybridized carbons (Fsp3) is 0.294. The van der Waals surface area contributed by atoms with Gasteiger partial charge in [0.05, 0.1) is 18.9 Å². The van der Waals surface area contributed by atoms with Crippen LogP contribution in [0.15, 0.2) is 34.9 Å². The van der Waals surface area contributed by atoms with Crippen molar-refractivity contribution in [3.63, 3.8) is 0 Å². The van der Waals surface area contributed by atoms with Crippen LogP contribution in [-0.4, -0.2) is 30.6 Å². The number of amides is 1. The van der Waals surface area contributed by atoms with Crippen molar-refractivity contribution in [2.24, 2.45) is 0 Å². The summed E-state index contributed by atoms with van der Waals surface area (Å²) in [7, 11) is 1.60. The fourth-order valence-electron chi connectivity index (χ4n) is 2.38. The van der Waals surface area contributed by atoms with E-state index in [-0.39, 0.29) is 18.1 Å². The van der Waals surface area contributed by atoms with E-state index in [0.717, 1.165) is 11.3 Å². The molecule has 2 N–H and O–H groups in total. The molecule has 1 aromatic carbocycles. The van der Waals surface area contributed by atoms with Gasteiger partial charge in [0.15, 0.2) is 0 Å². The van der Waals surface area contributed by atoms with Gasteiger partial charge in [-0.1, -0.05) is 18.2 Å². The Morgan fingerprint density at radius 1 is 1.30 bits per heavy atom. The predicted molar refractivity (Wildman–Crippen MR) is 83.8 cm³/mol. The molecular formula is C17H19NO5. The smallest absolute Gasteiger partial charge is 0.311 e. The number of para-hydroxylation sites is 1. The molecule has 0 fully saturated rings. The Morgan fingerprint density at radius 2 is 2.04 bits per heavy atom. The van der Waals surface area contributed by atoms with Crippen LogP contribution in [0.5, 0.6) is 5.75 Å². The van der Waals surface area contributed by atoms with E-state index in [9.17, 15) is 9.59 Å². The summed E-state index contributed by atoms with van der Waals surface area (Å²) in [4.78, 5) is 23.1. The van der Waals surface area contributed by atoms with Crippen molar-refractivity contribution in [2.45, 2.75) is 19.8 Å². The van der Waals surface area contributed by atoms with E-state index in [0.29, 0.717) is 24.1 Å². The van der Waals surface area contributed by atoms with Crippen molar-refractivity contribution >= 4 is 11.9 Å². The van der Waals surface area contributed by atoms with Gasteiger partial charge in [-0.05, 0) is 25.0 Å². The van der Waals surface area contributed by atoms with E-state index < -0.39 is 5.97 Å². The minimum atomic E-state index is -1.04. The van der Waals surface area contributed by atoms with Crippen molar-refractivity contribution in [1.29, 1.82) is 0 Å². The van der Waals surface area contributed by atoms with Gasteiger partial charge in [0.25, 0.3) is 5.91 Å². The summed E-state index contributed by atoms with van der Waals surface area (Å²) < 4.78 is 10.4. The molecule has 23 heavy (non-hydrogen) atoms. The maximum Gasteiger partial charge on any atom is 0.311 e. The number of ether oxygens (including phenoxy) is 1. The summed E-state index contributed by atoms with van der Waals surface area (Å²) in [6.45, 7) is 2.13. The van der Waals surface area contributed by atoms with Gasteiger partial charge in [-0.3, -0.25) is 9.59 Å². The van der Waals surface area contributed by atoms with Gasteiger partial charge < -0.3 is 19.6 Å². The van der Waals surface area contributed by atoms with Crippen LogP contribution in [-0.2, 0) is 17.6 Å². The lowest BCUT2D eigenvalue weighted by molar-refractivity contribution is -0.136. The van der Waals surface area contributed by atoms with E-state index >= 15 is 0 Å². The number of carboxylic acids is 1. The molecule has 1 amide bonds. The molecule has 1 heterocycles. The third-order valence-electron chi connectivity index (χ3n) is 3.46. The Hall–Kier alpha value is -2.76. The monoisotopic (exact) mass is 317 g/mol. The van der Waals surface area contributed by atoms with E-state index in [1.54, 1.807) is 14.0 Å². The van der Waals surface area contributed by atoms with E-state index in [2.05, 4.69) is 5.32 Å². The molecule has 0 radical (unpaired) electrons. The van der Waals surface area contributed by atoms with Crippen LogP contribution in [0.25, 0.3) is 0 Å². The van der Waals surface area contributed by atoms with Crippen molar-refractivity contribution < 1.29 is 23.8 Å². The van der Waals surface area contributed by atoms with Crippen LogP contribution in [0.4, 0.5) is 0 Å². The summed E-state index contributed by atoms with van der Waals surface area (Å²) in [6, 6.07) is 7.59. The number of benzene rings is 1. The zero-order chi connectivity index (χ0) is 16.8. The lowest BCUT2D eigenvalue weighted by Gasteiger charge is -2.09. The summed E-state index contributed by atoms with van der Waals surface area (Å²) in [5, 5.41) is 11.7. The Morgan fingerprint density at radius 3 is 2.74 bits per heavy atom. The zero-order valence-corrected chi connectivity index (χ0v) is 13.1. The molecule has 0 aliphatic heterocycles. The lowest BCUT2D eigenvalue weighted by Crippen LogP contribution is -2.27. The van der Waals surface area contributed by atoms with Crippen molar-refractivity contribution in [2.75, 3.05) is 13.7 Å². The molecule has 122 valence electrons. The molecule has 2 rings (SSSR count). The minimum Gasteiger partial charge on any atom is -0.496 e. The molecule has 0 unspecified atom stereocenters. The number of rotatable bonds is 7. The average Bonchev–Trinajstić information content (AvgIpc) is 2.87. The molecule has 1 aromatic heterocycles. The number of carbonyl (C=O) groups is 2. The number of methoxy groups -OCH3 is 1. The highest BCUT2D eigenvalue weighted by atomic mass is 16.5. The quantitative estimate of drug-likeness (QED) is 0.817. The Kier molecular flexibility index (Phi) is 5.41. The number of hydrogen-bond donors (Lipinski definition) is 2. The fourth-order valence-corrected chi connectivity index (χ4v) is 2.38. The molecule has 0 spiro atoms. The summed E-state index contributed by atoms with van der Waals surface area (Å²) in [6.07, 6.45) is 1.69. The molecular weight excluding hydrogens is 298 g/mol. The van der Waals surface area contributed by atoms with Gasteiger partial charge in [-0.15, -0.1) is 0 Å². The normalized spacial score (nSPS) is 10.3. The number of carbonyl (C=O) groups excluding carboxylic acids is 1. The molecule has 6 nitrogen and oxygen atoms in total. The van der Waals surface area contributed by atoms with Gasteiger partial charge in [-0.2, -0.15) is 0 Å². The first-order valence-corrected chi connectivity index (χ1v) is 7.21. The second kappa shape index (κ2) is 7.49. The largest absolute Gasteiger partial charge is 0.496 e. The Bertz CT molecular complexity index is 705. The topological polar surface area (TPSA) is 88.8 Å². The van der Waals surface area contributed by atoms with Gasteiger partial charge >= 0.3 is 5.97 Å². The van der Waals surface area contributed by atoms with Crippen molar-refractivity contribution in [3.05, 3.63) is 53.0 Å². The van der Waals surface area contributed by atoms with Gasteiger partial charge in [0.2, 0.25) is 0 Å². The number of carboxylic acid groups (broad SMARTS) is 1. The first kappa shape index (κ1) is 16.6. The number of hydrogen-bond acceptors (Lipinski definition) is 4. The highest BCUT2D eigenvalue weighted by Crippen LogP contribution is 2.19. The van der Waals surface area contributed by atoms with E-state index in [4.69, 9.17) is 14.3 Å². The molecule has 6 heteroatoms. The molecule has 0 bridgehead atoms. The summed E-state index contributed by atoms with van der Waals surface area (Å²) in [5.41, 5.74) is 1.91. The van der Waals surface area contributed by atoms with Crippen LogP contribution < -0.4 is 10.1 Å². The molecule has 0 aliphatic rings. The molecule has 0 saturated heterocycles. The van der Waals surface area contributed by atoms with Crippen LogP contribution in [0.3, 0.4) is 0 Å². The first-order valence-electron chi connectivity index (χ1n) is 7.21. The second-order valence-corrected chi connectivity index (χ2v) is 5.11. The SMILES string of the molecule is COc1ccccc1CCNC(=O)c1c(C)coc1CC(=O)O. The Balaban J connectivity index is 2.00. The highest BCUT2D eigenvalue weighted by Gasteiger charge is 2.20. The predicted octanol–water partition coefficient (Wildman–Crippen LogP) is 2.20. The minimum absolute atomic E-state index is 0.171. The third-order valence-corrected chi connectivity index (χ3v) is 3.46. The maximum absolute atomic E-state index is 12.3. The zero-order valence-electron chi connectivity index (χ0n) is 13.1. The molecule has 0 saturated carbocycles. The van der Waals surface area contributed by atoms with Gasteiger partial charge in [-0.25, -0.2) is 0 Å². The maximum atomic E-state index is 12.3. The van der Waals surface area contributed by atoms with Crippen LogP contribution in [0, 0.1) is 6.92 Å². The lowest BCUT2D eigenvalue weighted by atomic mass is 10.1. The summed E-state index contributed by atoms with van der Waals surface area (Å²) in [5.74, 6) is -0.428.